The number of halogens is 3. The molecular formula is C13H9Cl3O4S. The van der Waals surface area contributed by atoms with Crippen molar-refractivity contribution in [3.63, 3.8) is 0 Å². The third-order valence-electron chi connectivity index (χ3n) is 2.79. The lowest BCUT2D eigenvalue weighted by Gasteiger charge is -2.15. The average Bonchev–Trinajstić information content (AvgIpc) is 2.41. The molecule has 4 nitrogen and oxygen atoms in total. The quantitative estimate of drug-likeness (QED) is 0.636. The molecule has 0 aromatic heterocycles. The van der Waals surface area contributed by atoms with Crippen molar-refractivity contribution in [1.29, 1.82) is 0 Å². The Morgan fingerprint density at radius 2 is 1.71 bits per heavy atom. The van der Waals surface area contributed by atoms with Gasteiger partial charge in [0.15, 0.2) is 0 Å². The van der Waals surface area contributed by atoms with Gasteiger partial charge in [0.05, 0.1) is 14.9 Å². The maximum Gasteiger partial charge on any atom is 0.294 e. The van der Waals surface area contributed by atoms with Crippen molar-refractivity contribution in [2.45, 2.75) is 11.0 Å². The Kier molecular flexibility index (Phi) is 4.82. The summed E-state index contributed by atoms with van der Waals surface area (Å²) in [7, 11) is -4.36. The number of aliphatic hydroxyl groups is 1. The van der Waals surface area contributed by atoms with E-state index in [0.717, 1.165) is 6.07 Å². The maximum atomic E-state index is 11.1. The van der Waals surface area contributed by atoms with Gasteiger partial charge in [-0.25, -0.2) is 0 Å². The van der Waals surface area contributed by atoms with Crippen LogP contribution in [0.25, 0.3) is 0 Å². The van der Waals surface area contributed by atoms with Gasteiger partial charge in [-0.05, 0) is 29.8 Å². The summed E-state index contributed by atoms with van der Waals surface area (Å²) in [4.78, 5) is -0.330. The van der Waals surface area contributed by atoms with Crippen LogP contribution in [0, 0.1) is 0 Å². The van der Waals surface area contributed by atoms with Crippen molar-refractivity contribution in [3.8, 4) is 0 Å². The molecule has 2 aromatic carbocycles. The molecule has 2 aromatic rings. The molecule has 2 rings (SSSR count). The first kappa shape index (κ1) is 16.5. The highest BCUT2D eigenvalue weighted by Gasteiger charge is 2.19. The van der Waals surface area contributed by atoms with Crippen molar-refractivity contribution in [2.24, 2.45) is 0 Å². The molecule has 0 saturated carbocycles. The monoisotopic (exact) mass is 366 g/mol. The van der Waals surface area contributed by atoms with E-state index >= 15 is 0 Å². The van der Waals surface area contributed by atoms with Crippen molar-refractivity contribution in [3.05, 3.63) is 62.6 Å². The van der Waals surface area contributed by atoms with Crippen LogP contribution >= 0.6 is 34.8 Å². The fraction of sp³-hybridized carbons (Fsp3) is 0.0769. The fourth-order valence-corrected chi connectivity index (χ4v) is 3.06. The second-order valence-electron chi connectivity index (χ2n) is 4.24. The molecule has 1 atom stereocenters. The summed E-state index contributed by atoms with van der Waals surface area (Å²) in [6, 6.07) is 8.09. The molecule has 1 unspecified atom stereocenters. The highest BCUT2D eigenvalue weighted by atomic mass is 35.5. The molecule has 21 heavy (non-hydrogen) atoms. The smallest absolute Gasteiger partial charge is 0.294 e. The van der Waals surface area contributed by atoms with Gasteiger partial charge in [0.2, 0.25) is 0 Å². The molecule has 0 saturated heterocycles. The molecule has 2 N–H and O–H groups in total. The van der Waals surface area contributed by atoms with Crippen LogP contribution in [0.5, 0.6) is 0 Å². The van der Waals surface area contributed by atoms with Crippen LogP contribution in [0.15, 0.2) is 41.3 Å². The van der Waals surface area contributed by atoms with Crippen molar-refractivity contribution in [1.82, 2.24) is 0 Å². The zero-order chi connectivity index (χ0) is 15.8. The predicted octanol–water partition coefficient (Wildman–Crippen LogP) is 3.98. The van der Waals surface area contributed by atoms with E-state index in [1.807, 2.05) is 0 Å². The van der Waals surface area contributed by atoms with Crippen LogP contribution in [0.1, 0.15) is 17.2 Å². The Hall–Kier alpha value is -0.820. The van der Waals surface area contributed by atoms with Crippen LogP contribution in [0.3, 0.4) is 0 Å². The van der Waals surface area contributed by atoms with Gasteiger partial charge in [0.1, 0.15) is 6.10 Å². The molecule has 0 bridgehead atoms. The minimum absolute atomic E-state index is 0.117. The van der Waals surface area contributed by atoms with Gasteiger partial charge >= 0.3 is 0 Å². The molecule has 8 heteroatoms. The van der Waals surface area contributed by atoms with Gasteiger partial charge in [-0.1, -0.05) is 46.9 Å². The van der Waals surface area contributed by atoms with Crippen LogP contribution in [0.4, 0.5) is 0 Å². The summed E-state index contributed by atoms with van der Waals surface area (Å²) in [6.07, 6.45) is -1.24. The van der Waals surface area contributed by atoms with E-state index < -0.39 is 16.2 Å². The molecule has 0 aliphatic carbocycles. The summed E-state index contributed by atoms with van der Waals surface area (Å²) >= 11 is 17.8. The summed E-state index contributed by atoms with van der Waals surface area (Å²) in [5, 5.41) is 10.9. The number of benzene rings is 2. The SMILES string of the molecule is O=S(=O)(O)c1cccc(C(O)c2cc(Cl)cc(Cl)c2Cl)c1. The van der Waals surface area contributed by atoms with Crippen LogP contribution < -0.4 is 0 Å². The second kappa shape index (κ2) is 6.12. The minimum atomic E-state index is -4.36. The first-order valence-electron chi connectivity index (χ1n) is 5.60. The molecular weight excluding hydrogens is 359 g/mol. The van der Waals surface area contributed by atoms with Gasteiger partial charge in [-0.2, -0.15) is 8.42 Å². The first-order chi connectivity index (χ1) is 9.70. The zero-order valence-corrected chi connectivity index (χ0v) is 13.4. The van der Waals surface area contributed by atoms with Crippen molar-refractivity contribution < 1.29 is 18.1 Å². The van der Waals surface area contributed by atoms with E-state index in [0.29, 0.717) is 0 Å². The van der Waals surface area contributed by atoms with Crippen LogP contribution in [-0.2, 0) is 10.1 Å². The number of hydrogen-bond acceptors (Lipinski definition) is 3. The largest absolute Gasteiger partial charge is 0.384 e. The number of rotatable bonds is 3. The summed E-state index contributed by atoms with van der Waals surface area (Å²) in [5.74, 6) is 0. The van der Waals surface area contributed by atoms with Gasteiger partial charge in [-0.15, -0.1) is 0 Å². The first-order valence-corrected chi connectivity index (χ1v) is 8.17. The third kappa shape index (κ3) is 3.69. The van der Waals surface area contributed by atoms with Crippen LogP contribution in [0.2, 0.25) is 15.1 Å². The van der Waals surface area contributed by atoms with Gasteiger partial charge in [0, 0.05) is 10.6 Å². The molecule has 0 aliphatic heterocycles. The van der Waals surface area contributed by atoms with E-state index in [-0.39, 0.29) is 31.1 Å². The molecule has 0 fully saturated rings. The fourth-order valence-electron chi connectivity index (χ4n) is 1.80. The zero-order valence-electron chi connectivity index (χ0n) is 10.3. The highest BCUT2D eigenvalue weighted by Crippen LogP contribution is 2.36. The van der Waals surface area contributed by atoms with Crippen LogP contribution in [-0.4, -0.2) is 18.1 Å². The molecule has 112 valence electrons. The highest BCUT2D eigenvalue weighted by molar-refractivity contribution is 7.85. The second-order valence-corrected chi connectivity index (χ2v) is 6.88. The molecule has 0 amide bonds. The van der Waals surface area contributed by atoms with Gasteiger partial charge in [-0.3, -0.25) is 4.55 Å². The van der Waals surface area contributed by atoms with Crippen molar-refractivity contribution in [2.75, 3.05) is 0 Å². The van der Waals surface area contributed by atoms with E-state index in [1.165, 1.54) is 30.3 Å². The maximum absolute atomic E-state index is 11.1. The number of aliphatic hydroxyl groups excluding tert-OH is 1. The molecule has 0 heterocycles. The van der Waals surface area contributed by atoms with Gasteiger partial charge < -0.3 is 5.11 Å². The normalized spacial score (nSPS) is 13.2. The Balaban J connectivity index is 2.53. The molecule has 0 spiro atoms. The lowest BCUT2D eigenvalue weighted by Crippen LogP contribution is -2.04. The van der Waals surface area contributed by atoms with Crippen molar-refractivity contribution >= 4 is 44.9 Å². The topological polar surface area (TPSA) is 74.6 Å². The van der Waals surface area contributed by atoms with E-state index in [1.54, 1.807) is 0 Å². The predicted molar refractivity (Wildman–Crippen MR) is 81.8 cm³/mol. The Morgan fingerprint density at radius 3 is 2.33 bits per heavy atom. The standard InChI is InChI=1S/C13H9Cl3O4S/c14-8-5-10(12(16)11(15)6-8)13(17)7-2-1-3-9(4-7)21(18,19)20/h1-6,13,17H,(H,18,19,20). The average molecular weight is 368 g/mol. The Bertz CT molecular complexity index is 790. The summed E-state index contributed by atoms with van der Waals surface area (Å²) in [5.41, 5.74) is 0.465. The van der Waals surface area contributed by atoms with Gasteiger partial charge in [0.25, 0.3) is 10.1 Å². The number of hydrogen-bond donors (Lipinski definition) is 2. The molecule has 0 radical (unpaired) electrons. The summed E-state index contributed by atoms with van der Waals surface area (Å²) < 4.78 is 31.3. The van der Waals surface area contributed by atoms with E-state index in [2.05, 4.69) is 0 Å². The Labute approximate surface area is 136 Å². The lowest BCUT2D eigenvalue weighted by molar-refractivity contribution is 0.220. The minimum Gasteiger partial charge on any atom is -0.384 e. The van der Waals surface area contributed by atoms with E-state index in [9.17, 15) is 13.5 Å². The lowest BCUT2D eigenvalue weighted by atomic mass is 10.0. The third-order valence-corrected chi connectivity index (χ3v) is 4.67. The summed E-state index contributed by atoms with van der Waals surface area (Å²) in [6.45, 7) is 0. The Morgan fingerprint density at radius 1 is 1.05 bits per heavy atom. The molecule has 0 aliphatic rings. The van der Waals surface area contributed by atoms with E-state index in [4.69, 9.17) is 39.4 Å².